The summed E-state index contributed by atoms with van der Waals surface area (Å²) in [5, 5.41) is 20.3. The topological polar surface area (TPSA) is 69.3 Å². The Kier molecular flexibility index (Phi) is 5.61. The molecule has 5 heteroatoms. The van der Waals surface area contributed by atoms with E-state index in [2.05, 4.69) is 36.1 Å². The quantitative estimate of drug-likeness (QED) is 0.585. The van der Waals surface area contributed by atoms with Crippen LogP contribution in [0.4, 0.5) is 5.69 Å². The van der Waals surface area contributed by atoms with E-state index < -0.39 is 5.41 Å². The molecule has 2 heterocycles. The molecule has 0 saturated carbocycles. The van der Waals surface area contributed by atoms with E-state index in [0.717, 1.165) is 29.7 Å². The average molecular weight is 414 g/mol. The molecule has 5 nitrogen and oxygen atoms in total. The lowest BCUT2D eigenvalue weighted by molar-refractivity contribution is 0.287. The summed E-state index contributed by atoms with van der Waals surface area (Å²) in [6, 6.07) is 18.4. The van der Waals surface area contributed by atoms with Gasteiger partial charge in [0.05, 0.1) is 37.9 Å². The van der Waals surface area contributed by atoms with E-state index in [9.17, 15) is 10.5 Å². The third-order valence-electron chi connectivity index (χ3n) is 6.59. The second kappa shape index (κ2) is 8.36. The average Bonchev–Trinajstić information content (AvgIpc) is 3.07. The van der Waals surface area contributed by atoms with Gasteiger partial charge in [0.15, 0.2) is 16.9 Å². The van der Waals surface area contributed by atoms with Crippen LogP contribution in [0.25, 0.3) is 6.08 Å². The zero-order valence-corrected chi connectivity index (χ0v) is 18.2. The zero-order chi connectivity index (χ0) is 22.0. The Labute approximate surface area is 184 Å². The lowest BCUT2D eigenvalue weighted by Crippen LogP contribution is -2.39. The highest BCUT2D eigenvalue weighted by Crippen LogP contribution is 2.56. The number of methoxy groups -OCH3 is 1. The molecule has 0 unspecified atom stereocenters. The first-order chi connectivity index (χ1) is 15.1. The van der Waals surface area contributed by atoms with Crippen molar-refractivity contribution in [2.75, 3.05) is 18.6 Å². The number of hydrogen-bond donors (Lipinski definition) is 0. The molecule has 2 aliphatic heterocycles. The summed E-state index contributed by atoms with van der Waals surface area (Å²) in [4.78, 5) is 2.24. The SMILES string of the molecule is CCCCOc1cc([C@H]2[C@@H](C)C(C#N)(C#N)[C@H]3C=Cc4ccccc4N23)ccc1OC. The highest BCUT2D eigenvalue weighted by molar-refractivity contribution is 5.75. The summed E-state index contributed by atoms with van der Waals surface area (Å²) in [6.45, 7) is 4.75. The van der Waals surface area contributed by atoms with Crippen LogP contribution in [0.15, 0.2) is 48.5 Å². The molecule has 1 fully saturated rings. The molecule has 0 aromatic heterocycles. The molecule has 158 valence electrons. The lowest BCUT2D eigenvalue weighted by Gasteiger charge is -2.36. The van der Waals surface area contributed by atoms with Crippen molar-refractivity contribution < 1.29 is 9.47 Å². The van der Waals surface area contributed by atoms with Crippen LogP contribution in [-0.4, -0.2) is 19.8 Å². The fourth-order valence-electron chi connectivity index (χ4n) is 4.88. The fraction of sp³-hybridized carbons (Fsp3) is 0.385. The van der Waals surface area contributed by atoms with Gasteiger partial charge >= 0.3 is 0 Å². The third-order valence-corrected chi connectivity index (χ3v) is 6.59. The molecule has 2 aliphatic rings. The number of nitrogens with zero attached hydrogens (tertiary/aromatic N) is 3. The van der Waals surface area contributed by atoms with Crippen molar-refractivity contribution in [1.29, 1.82) is 10.5 Å². The number of benzene rings is 2. The van der Waals surface area contributed by atoms with E-state index in [-0.39, 0.29) is 18.0 Å². The van der Waals surface area contributed by atoms with Crippen LogP contribution < -0.4 is 14.4 Å². The highest BCUT2D eigenvalue weighted by Gasteiger charge is 2.59. The molecule has 0 spiro atoms. The summed E-state index contributed by atoms with van der Waals surface area (Å²) in [5.41, 5.74) is 2.01. The normalized spacial score (nSPS) is 22.7. The Hall–Kier alpha value is -3.44. The highest BCUT2D eigenvalue weighted by atomic mass is 16.5. The van der Waals surface area contributed by atoms with Crippen LogP contribution in [0.2, 0.25) is 0 Å². The molecule has 3 atom stereocenters. The molecule has 1 saturated heterocycles. The van der Waals surface area contributed by atoms with Gasteiger partial charge in [-0.3, -0.25) is 0 Å². The van der Waals surface area contributed by atoms with Gasteiger partial charge in [-0.1, -0.05) is 56.7 Å². The molecule has 4 rings (SSSR count). The van der Waals surface area contributed by atoms with Crippen molar-refractivity contribution in [1.82, 2.24) is 0 Å². The number of rotatable bonds is 6. The number of hydrogen-bond acceptors (Lipinski definition) is 5. The van der Waals surface area contributed by atoms with Crippen LogP contribution in [0.1, 0.15) is 43.9 Å². The first-order valence-electron chi connectivity index (χ1n) is 10.8. The number of unbranched alkanes of at least 4 members (excludes halogenated alkanes) is 1. The van der Waals surface area contributed by atoms with Gasteiger partial charge in [0, 0.05) is 11.6 Å². The van der Waals surface area contributed by atoms with Crippen molar-refractivity contribution >= 4 is 11.8 Å². The van der Waals surface area contributed by atoms with Gasteiger partial charge in [-0.15, -0.1) is 0 Å². The largest absolute Gasteiger partial charge is 0.493 e. The second-order valence-corrected chi connectivity index (χ2v) is 8.21. The van der Waals surface area contributed by atoms with Gasteiger partial charge < -0.3 is 14.4 Å². The number of anilines is 1. The van der Waals surface area contributed by atoms with Crippen LogP contribution in [0, 0.1) is 34.0 Å². The lowest BCUT2D eigenvalue weighted by atomic mass is 9.73. The summed E-state index contributed by atoms with van der Waals surface area (Å²) < 4.78 is 11.5. The second-order valence-electron chi connectivity index (χ2n) is 8.21. The summed E-state index contributed by atoms with van der Waals surface area (Å²) >= 11 is 0. The van der Waals surface area contributed by atoms with Crippen molar-refractivity contribution in [3.8, 4) is 23.6 Å². The van der Waals surface area contributed by atoms with Crippen molar-refractivity contribution in [2.45, 2.75) is 38.8 Å². The molecule has 0 radical (unpaired) electrons. The molecule has 0 bridgehead atoms. The predicted molar refractivity (Wildman–Crippen MR) is 121 cm³/mol. The van der Waals surface area contributed by atoms with Crippen LogP contribution >= 0.6 is 0 Å². The maximum absolute atomic E-state index is 10.1. The van der Waals surface area contributed by atoms with Crippen molar-refractivity contribution in [3.63, 3.8) is 0 Å². The Morgan fingerprint density at radius 1 is 1.10 bits per heavy atom. The van der Waals surface area contributed by atoms with Gasteiger partial charge in [-0.05, 0) is 35.7 Å². The predicted octanol–water partition coefficient (Wildman–Crippen LogP) is 5.50. The molecule has 2 aromatic rings. The van der Waals surface area contributed by atoms with E-state index >= 15 is 0 Å². The zero-order valence-electron chi connectivity index (χ0n) is 18.2. The molecule has 2 aromatic carbocycles. The summed E-state index contributed by atoms with van der Waals surface area (Å²) in [6.07, 6.45) is 6.05. The maximum atomic E-state index is 10.1. The smallest absolute Gasteiger partial charge is 0.172 e. The van der Waals surface area contributed by atoms with Gasteiger partial charge in [-0.25, -0.2) is 0 Å². The molecular formula is C26H27N3O2. The Balaban J connectivity index is 1.84. The number of fused-ring (bicyclic) bond motifs is 3. The van der Waals surface area contributed by atoms with Gasteiger partial charge in [-0.2, -0.15) is 10.5 Å². The minimum absolute atomic E-state index is 0.144. The molecule has 0 N–H and O–H groups in total. The number of ether oxygens (including phenoxy) is 2. The van der Waals surface area contributed by atoms with Crippen LogP contribution in [0.3, 0.4) is 0 Å². The molecular weight excluding hydrogens is 386 g/mol. The standard InChI is InChI=1S/C26H27N3O2/c1-4-5-14-31-23-15-20(10-12-22(23)30-3)25-18(2)26(16-27,17-28)24-13-11-19-8-6-7-9-21(19)29(24)25/h6-13,15,18,24-25H,4-5,14H2,1-3H3/t18-,24-,25-/m1/s1. The first kappa shape index (κ1) is 20.8. The third kappa shape index (κ3) is 3.22. The molecule has 0 aliphatic carbocycles. The van der Waals surface area contributed by atoms with Crippen molar-refractivity contribution in [3.05, 3.63) is 59.7 Å². The van der Waals surface area contributed by atoms with Gasteiger partial charge in [0.2, 0.25) is 0 Å². The first-order valence-corrected chi connectivity index (χ1v) is 10.8. The van der Waals surface area contributed by atoms with Gasteiger partial charge in [0.25, 0.3) is 0 Å². The van der Waals surface area contributed by atoms with Crippen LogP contribution in [0.5, 0.6) is 11.5 Å². The summed E-state index contributed by atoms with van der Waals surface area (Å²) in [7, 11) is 1.64. The minimum atomic E-state index is -1.14. The van der Waals surface area contributed by atoms with Crippen LogP contribution in [-0.2, 0) is 0 Å². The monoisotopic (exact) mass is 413 g/mol. The van der Waals surface area contributed by atoms with Gasteiger partial charge in [0.1, 0.15) is 0 Å². The Morgan fingerprint density at radius 2 is 1.87 bits per heavy atom. The molecule has 0 amide bonds. The van der Waals surface area contributed by atoms with E-state index in [1.165, 1.54) is 0 Å². The van der Waals surface area contributed by atoms with E-state index in [1.807, 2.05) is 49.4 Å². The Bertz CT molecular complexity index is 1060. The molecule has 31 heavy (non-hydrogen) atoms. The minimum Gasteiger partial charge on any atom is -0.493 e. The Morgan fingerprint density at radius 3 is 2.58 bits per heavy atom. The fourth-order valence-corrected chi connectivity index (χ4v) is 4.88. The number of para-hydroxylation sites is 1. The van der Waals surface area contributed by atoms with E-state index in [4.69, 9.17) is 9.47 Å². The van der Waals surface area contributed by atoms with E-state index in [0.29, 0.717) is 18.1 Å². The van der Waals surface area contributed by atoms with Crippen molar-refractivity contribution in [2.24, 2.45) is 11.3 Å². The van der Waals surface area contributed by atoms with E-state index in [1.54, 1.807) is 7.11 Å². The maximum Gasteiger partial charge on any atom is 0.172 e. The number of nitriles is 2. The summed E-state index contributed by atoms with van der Waals surface area (Å²) in [5.74, 6) is 1.18.